The maximum Gasteiger partial charge on any atom is 0.271 e. The minimum absolute atomic E-state index is 0.223. The van der Waals surface area contributed by atoms with Crippen LogP contribution in [-0.2, 0) is 13.5 Å². The van der Waals surface area contributed by atoms with Gasteiger partial charge in [-0.15, -0.1) is 0 Å². The van der Waals surface area contributed by atoms with Crippen LogP contribution in [0.4, 0.5) is 0 Å². The zero-order valence-electron chi connectivity index (χ0n) is 10.4. The van der Waals surface area contributed by atoms with Gasteiger partial charge in [0, 0.05) is 18.6 Å². The fraction of sp³-hybridized carbons (Fsp3) is 0.231. The zero-order valence-corrected chi connectivity index (χ0v) is 11.9. The number of amides is 1. The van der Waals surface area contributed by atoms with E-state index in [1.807, 2.05) is 24.3 Å². The van der Waals surface area contributed by atoms with E-state index in [2.05, 4.69) is 10.4 Å². The molecule has 19 heavy (non-hydrogen) atoms. The van der Waals surface area contributed by atoms with Gasteiger partial charge >= 0.3 is 0 Å². The van der Waals surface area contributed by atoms with E-state index in [0.29, 0.717) is 22.3 Å². The van der Waals surface area contributed by atoms with Crippen molar-refractivity contribution in [2.45, 2.75) is 6.42 Å². The number of carbonyl (C=O) groups is 1. The lowest BCUT2D eigenvalue weighted by molar-refractivity contribution is 0.0945. The van der Waals surface area contributed by atoms with Gasteiger partial charge in [-0.2, -0.15) is 5.10 Å². The van der Waals surface area contributed by atoms with Gasteiger partial charge in [-0.25, -0.2) is 0 Å². The number of benzene rings is 1. The number of carbonyl (C=O) groups excluding carboxylic acids is 1. The lowest BCUT2D eigenvalue weighted by Gasteiger charge is -2.06. The van der Waals surface area contributed by atoms with Gasteiger partial charge in [-0.05, 0) is 24.1 Å². The standard InChI is InChI=1S/C13H13Cl2N3O/c1-18-12(11(15)8-17-18)13(19)16-7-6-9-2-4-10(14)5-3-9/h2-5,8H,6-7H2,1H3,(H,16,19). The Hall–Kier alpha value is -1.52. The average molecular weight is 298 g/mol. The second-order valence-electron chi connectivity index (χ2n) is 4.10. The van der Waals surface area contributed by atoms with Gasteiger partial charge in [0.15, 0.2) is 0 Å². The van der Waals surface area contributed by atoms with Gasteiger partial charge in [-0.1, -0.05) is 35.3 Å². The third-order valence-corrected chi connectivity index (χ3v) is 3.25. The Morgan fingerprint density at radius 1 is 1.32 bits per heavy atom. The quantitative estimate of drug-likeness (QED) is 0.943. The average Bonchev–Trinajstić information content (AvgIpc) is 2.71. The van der Waals surface area contributed by atoms with Crippen LogP contribution in [-0.4, -0.2) is 22.2 Å². The maximum atomic E-state index is 11.9. The molecule has 0 bridgehead atoms. The summed E-state index contributed by atoms with van der Waals surface area (Å²) in [5.41, 5.74) is 1.48. The van der Waals surface area contributed by atoms with Gasteiger partial charge < -0.3 is 5.32 Å². The largest absolute Gasteiger partial charge is 0.350 e. The molecule has 0 fully saturated rings. The molecule has 0 aliphatic heterocycles. The van der Waals surface area contributed by atoms with Crippen molar-refractivity contribution >= 4 is 29.1 Å². The van der Waals surface area contributed by atoms with Crippen molar-refractivity contribution in [1.82, 2.24) is 15.1 Å². The van der Waals surface area contributed by atoms with Gasteiger partial charge in [0.05, 0.1) is 11.2 Å². The van der Waals surface area contributed by atoms with Crippen molar-refractivity contribution < 1.29 is 4.79 Å². The summed E-state index contributed by atoms with van der Waals surface area (Å²) in [5, 5.41) is 7.79. The SMILES string of the molecule is Cn1ncc(Cl)c1C(=O)NCCc1ccc(Cl)cc1. The molecule has 1 heterocycles. The van der Waals surface area contributed by atoms with Crippen LogP contribution in [0.15, 0.2) is 30.5 Å². The lowest BCUT2D eigenvalue weighted by Crippen LogP contribution is -2.27. The molecule has 1 aromatic heterocycles. The van der Waals surface area contributed by atoms with Crippen LogP contribution in [0.2, 0.25) is 10.0 Å². The van der Waals surface area contributed by atoms with Crippen LogP contribution < -0.4 is 5.32 Å². The number of hydrogen-bond acceptors (Lipinski definition) is 2. The number of hydrogen-bond donors (Lipinski definition) is 1. The Kier molecular flexibility index (Phi) is 4.45. The Morgan fingerprint density at radius 3 is 2.58 bits per heavy atom. The number of rotatable bonds is 4. The summed E-state index contributed by atoms with van der Waals surface area (Å²) in [6, 6.07) is 7.53. The van der Waals surface area contributed by atoms with Crippen LogP contribution in [0, 0.1) is 0 Å². The first-order valence-electron chi connectivity index (χ1n) is 5.78. The molecule has 4 nitrogen and oxygen atoms in total. The molecule has 0 unspecified atom stereocenters. The molecular weight excluding hydrogens is 285 g/mol. The molecule has 100 valence electrons. The Morgan fingerprint density at radius 2 is 2.00 bits per heavy atom. The highest BCUT2D eigenvalue weighted by Crippen LogP contribution is 2.13. The molecule has 2 rings (SSSR count). The number of nitrogens with one attached hydrogen (secondary N) is 1. The van der Waals surface area contributed by atoms with E-state index >= 15 is 0 Å². The van der Waals surface area contributed by atoms with Crippen molar-refractivity contribution in [3.8, 4) is 0 Å². The van der Waals surface area contributed by atoms with Crippen LogP contribution in [0.3, 0.4) is 0 Å². The van der Waals surface area contributed by atoms with E-state index in [9.17, 15) is 4.79 Å². The van der Waals surface area contributed by atoms with Crippen molar-refractivity contribution in [2.75, 3.05) is 6.54 Å². The summed E-state index contributed by atoms with van der Waals surface area (Å²) in [5.74, 6) is -0.223. The summed E-state index contributed by atoms with van der Waals surface area (Å²) >= 11 is 11.7. The molecule has 6 heteroatoms. The summed E-state index contributed by atoms with van der Waals surface area (Å²) in [4.78, 5) is 11.9. The molecule has 0 radical (unpaired) electrons. The summed E-state index contributed by atoms with van der Waals surface area (Å²) in [6.07, 6.45) is 2.19. The van der Waals surface area contributed by atoms with Gasteiger partial charge in [0.1, 0.15) is 5.69 Å². The molecule has 0 spiro atoms. The monoisotopic (exact) mass is 297 g/mol. The highest BCUT2D eigenvalue weighted by Gasteiger charge is 2.14. The predicted octanol–water partition coefficient (Wildman–Crippen LogP) is 2.70. The summed E-state index contributed by atoms with van der Waals surface area (Å²) < 4.78 is 1.46. The van der Waals surface area contributed by atoms with E-state index in [0.717, 1.165) is 12.0 Å². The number of nitrogens with zero attached hydrogens (tertiary/aromatic N) is 2. The van der Waals surface area contributed by atoms with E-state index < -0.39 is 0 Å². The Bertz CT molecular complexity index is 559. The first-order valence-corrected chi connectivity index (χ1v) is 6.53. The van der Waals surface area contributed by atoms with Crippen LogP contribution in [0.1, 0.15) is 16.1 Å². The fourth-order valence-electron chi connectivity index (χ4n) is 1.72. The second kappa shape index (κ2) is 6.08. The predicted molar refractivity (Wildman–Crippen MR) is 75.7 cm³/mol. The smallest absolute Gasteiger partial charge is 0.271 e. The third kappa shape index (κ3) is 3.49. The molecule has 0 aliphatic rings. The van der Waals surface area contributed by atoms with Gasteiger partial charge in [-0.3, -0.25) is 9.48 Å². The van der Waals surface area contributed by atoms with Crippen LogP contribution in [0.25, 0.3) is 0 Å². The molecule has 0 aliphatic carbocycles. The molecule has 0 saturated heterocycles. The van der Waals surface area contributed by atoms with E-state index in [1.54, 1.807) is 7.05 Å². The second-order valence-corrected chi connectivity index (χ2v) is 4.94. The van der Waals surface area contributed by atoms with Crippen LogP contribution >= 0.6 is 23.2 Å². The van der Waals surface area contributed by atoms with Crippen molar-refractivity contribution in [2.24, 2.45) is 7.05 Å². The Labute approximate surface area is 121 Å². The topological polar surface area (TPSA) is 46.9 Å². The van der Waals surface area contributed by atoms with Crippen molar-refractivity contribution in [3.63, 3.8) is 0 Å². The molecule has 1 amide bonds. The highest BCUT2D eigenvalue weighted by molar-refractivity contribution is 6.33. The minimum atomic E-state index is -0.223. The van der Waals surface area contributed by atoms with Gasteiger partial charge in [0.25, 0.3) is 5.91 Å². The first kappa shape index (κ1) is 13.9. The molecular formula is C13H13Cl2N3O. The number of halogens is 2. The minimum Gasteiger partial charge on any atom is -0.350 e. The summed E-state index contributed by atoms with van der Waals surface area (Å²) in [7, 11) is 1.68. The molecule has 2 aromatic rings. The molecule has 1 N–H and O–H groups in total. The normalized spacial score (nSPS) is 10.5. The molecule has 1 aromatic carbocycles. The van der Waals surface area contributed by atoms with E-state index in [1.165, 1.54) is 10.9 Å². The zero-order chi connectivity index (χ0) is 13.8. The molecule has 0 saturated carbocycles. The lowest BCUT2D eigenvalue weighted by atomic mass is 10.1. The third-order valence-electron chi connectivity index (χ3n) is 2.72. The first-order chi connectivity index (χ1) is 9.08. The number of aryl methyl sites for hydroxylation is 1. The van der Waals surface area contributed by atoms with E-state index in [-0.39, 0.29) is 5.91 Å². The van der Waals surface area contributed by atoms with Crippen LogP contribution in [0.5, 0.6) is 0 Å². The molecule has 0 atom stereocenters. The fourth-order valence-corrected chi connectivity index (χ4v) is 2.10. The maximum absolute atomic E-state index is 11.9. The van der Waals surface area contributed by atoms with Crippen molar-refractivity contribution in [3.05, 3.63) is 51.8 Å². The van der Waals surface area contributed by atoms with Crippen molar-refractivity contribution in [1.29, 1.82) is 0 Å². The van der Waals surface area contributed by atoms with E-state index in [4.69, 9.17) is 23.2 Å². The summed E-state index contributed by atoms with van der Waals surface area (Å²) in [6.45, 7) is 0.530. The Balaban J connectivity index is 1.89. The highest BCUT2D eigenvalue weighted by atomic mass is 35.5. The van der Waals surface area contributed by atoms with Gasteiger partial charge in [0.2, 0.25) is 0 Å². The number of aromatic nitrogens is 2.